The molecule has 0 aliphatic rings. The van der Waals surface area contributed by atoms with Gasteiger partial charge in [-0.1, -0.05) is 30.3 Å². The topological polar surface area (TPSA) is 63.2 Å². The van der Waals surface area contributed by atoms with Crippen molar-refractivity contribution in [3.8, 4) is 0 Å². The summed E-state index contributed by atoms with van der Waals surface area (Å²) in [4.78, 5) is 10.0. The number of nitrogens with one attached hydrogen (secondary N) is 1. The van der Waals surface area contributed by atoms with Gasteiger partial charge in [0.2, 0.25) is 10.0 Å². The van der Waals surface area contributed by atoms with Crippen LogP contribution in [0.2, 0.25) is 0 Å². The number of unbranched alkanes of at least 4 members (excludes halogenated alkanes) is 1. The number of hydrogen-bond acceptors (Lipinski definition) is 3. The van der Waals surface area contributed by atoms with E-state index in [4.69, 9.17) is 0 Å². The minimum Gasteiger partial charge on any atom is -0.303 e. The van der Waals surface area contributed by atoms with Crippen molar-refractivity contribution in [2.24, 2.45) is 0 Å². The van der Waals surface area contributed by atoms with Crippen LogP contribution < -0.4 is 4.72 Å². The zero-order valence-corrected chi connectivity index (χ0v) is 9.74. The Kier molecular flexibility index (Phi) is 5.14. The fraction of sp³-hybridized carbons (Fsp3) is 0.364. The van der Waals surface area contributed by atoms with Crippen LogP contribution in [0.3, 0.4) is 0 Å². The molecule has 0 fully saturated rings. The molecule has 0 saturated heterocycles. The Hall–Kier alpha value is -1.20. The number of aldehydes is 1. The van der Waals surface area contributed by atoms with E-state index in [9.17, 15) is 13.2 Å². The number of carbonyl (C=O) groups is 1. The highest BCUT2D eigenvalue weighted by Gasteiger charge is 2.09. The van der Waals surface area contributed by atoms with Crippen LogP contribution in [0.1, 0.15) is 18.4 Å². The molecule has 0 aliphatic carbocycles. The van der Waals surface area contributed by atoms with Gasteiger partial charge in [-0.05, 0) is 12.0 Å². The van der Waals surface area contributed by atoms with E-state index >= 15 is 0 Å². The summed E-state index contributed by atoms with van der Waals surface area (Å²) in [7, 11) is -3.28. The molecule has 5 heteroatoms. The quantitative estimate of drug-likeness (QED) is 0.574. The maximum absolute atomic E-state index is 11.6. The summed E-state index contributed by atoms with van der Waals surface area (Å²) in [5.41, 5.74) is 0.755. The van der Waals surface area contributed by atoms with Crippen molar-refractivity contribution < 1.29 is 13.2 Å². The Morgan fingerprint density at radius 1 is 1.19 bits per heavy atom. The van der Waals surface area contributed by atoms with Crippen LogP contribution in [0, 0.1) is 0 Å². The van der Waals surface area contributed by atoms with Gasteiger partial charge in [0, 0.05) is 13.0 Å². The Balaban J connectivity index is 2.43. The molecule has 0 aliphatic heterocycles. The van der Waals surface area contributed by atoms with E-state index in [1.165, 1.54) is 0 Å². The lowest BCUT2D eigenvalue weighted by molar-refractivity contribution is -0.107. The third-order valence-corrected chi connectivity index (χ3v) is 3.38. The molecule has 0 spiro atoms. The van der Waals surface area contributed by atoms with E-state index in [0.717, 1.165) is 11.8 Å². The van der Waals surface area contributed by atoms with Gasteiger partial charge in [-0.15, -0.1) is 0 Å². The molecule has 0 bridgehead atoms. The number of benzene rings is 1. The maximum Gasteiger partial charge on any atom is 0.215 e. The van der Waals surface area contributed by atoms with E-state index in [-0.39, 0.29) is 5.75 Å². The van der Waals surface area contributed by atoms with Gasteiger partial charge in [0.05, 0.1) is 5.75 Å². The molecule has 1 N–H and O–H groups in total. The van der Waals surface area contributed by atoms with Gasteiger partial charge in [-0.25, -0.2) is 13.1 Å². The monoisotopic (exact) mass is 241 g/mol. The summed E-state index contributed by atoms with van der Waals surface area (Å²) in [5, 5.41) is 0. The zero-order valence-electron chi connectivity index (χ0n) is 8.93. The summed E-state index contributed by atoms with van der Waals surface area (Å²) >= 11 is 0. The lowest BCUT2D eigenvalue weighted by Gasteiger charge is -2.05. The summed E-state index contributed by atoms with van der Waals surface area (Å²) in [6.45, 7) is 0.313. The van der Waals surface area contributed by atoms with Crippen LogP contribution in [0.5, 0.6) is 0 Å². The highest BCUT2D eigenvalue weighted by molar-refractivity contribution is 7.88. The average molecular weight is 241 g/mol. The summed E-state index contributed by atoms with van der Waals surface area (Å²) in [5.74, 6) is -0.0189. The smallest absolute Gasteiger partial charge is 0.215 e. The van der Waals surface area contributed by atoms with Crippen molar-refractivity contribution in [2.75, 3.05) is 6.54 Å². The number of rotatable bonds is 7. The summed E-state index contributed by atoms with van der Waals surface area (Å²) < 4.78 is 25.6. The molecular formula is C11H15NO3S. The van der Waals surface area contributed by atoms with Crippen LogP contribution >= 0.6 is 0 Å². The van der Waals surface area contributed by atoms with Crippen molar-refractivity contribution in [2.45, 2.75) is 18.6 Å². The van der Waals surface area contributed by atoms with Crippen LogP contribution in [-0.4, -0.2) is 21.2 Å². The van der Waals surface area contributed by atoms with Gasteiger partial charge in [0.1, 0.15) is 6.29 Å². The molecule has 4 nitrogen and oxygen atoms in total. The van der Waals surface area contributed by atoms with E-state index in [1.807, 2.05) is 6.07 Å². The molecule has 0 atom stereocenters. The van der Waals surface area contributed by atoms with Gasteiger partial charge in [-0.3, -0.25) is 0 Å². The molecule has 0 aromatic heterocycles. The van der Waals surface area contributed by atoms with E-state index < -0.39 is 10.0 Å². The highest BCUT2D eigenvalue weighted by atomic mass is 32.2. The Labute approximate surface area is 95.7 Å². The first-order valence-electron chi connectivity index (χ1n) is 5.09. The normalized spacial score (nSPS) is 11.2. The first-order chi connectivity index (χ1) is 7.64. The molecule has 88 valence electrons. The van der Waals surface area contributed by atoms with Crippen LogP contribution in [0.4, 0.5) is 0 Å². The predicted molar refractivity (Wildman–Crippen MR) is 62.4 cm³/mol. The second-order valence-corrected chi connectivity index (χ2v) is 5.25. The Bertz CT molecular complexity index is 414. The van der Waals surface area contributed by atoms with Crippen molar-refractivity contribution in [1.82, 2.24) is 4.72 Å². The fourth-order valence-electron chi connectivity index (χ4n) is 1.26. The number of sulfonamides is 1. The van der Waals surface area contributed by atoms with Gasteiger partial charge in [0.25, 0.3) is 0 Å². The third-order valence-electron chi connectivity index (χ3n) is 2.02. The SMILES string of the molecule is O=CCCCNS(=O)(=O)Cc1ccccc1. The van der Waals surface area contributed by atoms with Gasteiger partial charge in [-0.2, -0.15) is 0 Å². The molecular weight excluding hydrogens is 226 g/mol. The predicted octanol–water partition coefficient (Wildman–Crippen LogP) is 1.09. The van der Waals surface area contributed by atoms with E-state index in [0.29, 0.717) is 19.4 Å². The molecule has 0 radical (unpaired) electrons. The maximum atomic E-state index is 11.6. The second-order valence-electron chi connectivity index (χ2n) is 3.45. The molecule has 0 amide bonds. The van der Waals surface area contributed by atoms with E-state index in [2.05, 4.69) is 4.72 Å². The minimum absolute atomic E-state index is 0.0189. The molecule has 1 rings (SSSR count). The van der Waals surface area contributed by atoms with Crippen molar-refractivity contribution >= 4 is 16.3 Å². The molecule has 16 heavy (non-hydrogen) atoms. The van der Waals surface area contributed by atoms with Crippen molar-refractivity contribution in [3.05, 3.63) is 35.9 Å². The molecule has 1 aromatic rings. The first kappa shape index (κ1) is 12.9. The van der Waals surface area contributed by atoms with Crippen LogP contribution in [0.15, 0.2) is 30.3 Å². The Morgan fingerprint density at radius 2 is 1.88 bits per heavy atom. The number of carbonyl (C=O) groups excluding carboxylic acids is 1. The third kappa shape index (κ3) is 5.04. The van der Waals surface area contributed by atoms with Crippen LogP contribution in [0.25, 0.3) is 0 Å². The van der Waals surface area contributed by atoms with E-state index in [1.54, 1.807) is 24.3 Å². The average Bonchev–Trinajstić information content (AvgIpc) is 2.25. The second kappa shape index (κ2) is 6.40. The lowest BCUT2D eigenvalue weighted by atomic mass is 10.2. The largest absolute Gasteiger partial charge is 0.303 e. The van der Waals surface area contributed by atoms with Crippen molar-refractivity contribution in [1.29, 1.82) is 0 Å². The number of hydrogen-bond donors (Lipinski definition) is 1. The Morgan fingerprint density at radius 3 is 2.50 bits per heavy atom. The van der Waals surface area contributed by atoms with Crippen molar-refractivity contribution in [3.63, 3.8) is 0 Å². The molecule has 0 unspecified atom stereocenters. The van der Waals surface area contributed by atoms with Gasteiger partial charge in [0.15, 0.2) is 0 Å². The molecule has 0 saturated carbocycles. The lowest BCUT2D eigenvalue weighted by Crippen LogP contribution is -2.26. The standard InChI is InChI=1S/C11H15NO3S/c13-9-5-4-8-12-16(14,15)10-11-6-2-1-3-7-11/h1-3,6-7,9,12H,4-5,8,10H2. The van der Waals surface area contributed by atoms with Gasteiger partial charge >= 0.3 is 0 Å². The van der Waals surface area contributed by atoms with Gasteiger partial charge < -0.3 is 4.79 Å². The minimum atomic E-state index is -3.28. The molecule has 1 aromatic carbocycles. The highest BCUT2D eigenvalue weighted by Crippen LogP contribution is 2.03. The zero-order chi connectivity index (χ0) is 11.9. The summed E-state index contributed by atoms with van der Waals surface area (Å²) in [6, 6.07) is 8.98. The summed E-state index contributed by atoms with van der Waals surface area (Å²) in [6.07, 6.45) is 1.71. The van der Waals surface area contributed by atoms with Crippen LogP contribution in [-0.2, 0) is 20.6 Å². The first-order valence-corrected chi connectivity index (χ1v) is 6.74. The fourth-order valence-corrected chi connectivity index (χ4v) is 2.45. The molecule has 0 heterocycles.